The standard InChI is InChI=1S/C17H24N2O3.ClH/c1-3-13-7-4-6-12(2)16(13)18-15(20)11-19-9-5-8-14(10-19)17(21)22;/h4,6-7,14H,3,5,8-11H2,1-2H3,(H,18,20)(H,21,22);1H. The van der Waals surface area contributed by atoms with E-state index >= 15 is 0 Å². The summed E-state index contributed by atoms with van der Waals surface area (Å²) in [6.07, 6.45) is 2.39. The van der Waals surface area contributed by atoms with Crippen LogP contribution in [0.25, 0.3) is 0 Å². The molecule has 1 aromatic rings. The number of nitrogens with zero attached hydrogens (tertiary/aromatic N) is 1. The molecule has 0 bridgehead atoms. The first-order valence-corrected chi connectivity index (χ1v) is 7.84. The molecule has 23 heavy (non-hydrogen) atoms. The fourth-order valence-electron chi connectivity index (χ4n) is 2.98. The van der Waals surface area contributed by atoms with E-state index in [-0.39, 0.29) is 30.8 Å². The average Bonchev–Trinajstić information content (AvgIpc) is 2.49. The fourth-order valence-corrected chi connectivity index (χ4v) is 2.98. The van der Waals surface area contributed by atoms with Gasteiger partial charge in [0, 0.05) is 12.2 Å². The molecule has 2 rings (SSSR count). The maximum atomic E-state index is 12.3. The lowest BCUT2D eigenvalue weighted by Crippen LogP contribution is -2.42. The Kier molecular flexibility index (Phi) is 7.52. The number of nitrogens with one attached hydrogen (secondary N) is 1. The lowest BCUT2D eigenvalue weighted by Gasteiger charge is -2.30. The van der Waals surface area contributed by atoms with Gasteiger partial charge in [0.05, 0.1) is 12.5 Å². The molecular weight excluding hydrogens is 316 g/mol. The van der Waals surface area contributed by atoms with Crippen LogP contribution in [-0.2, 0) is 16.0 Å². The summed E-state index contributed by atoms with van der Waals surface area (Å²) in [4.78, 5) is 25.3. The van der Waals surface area contributed by atoms with Gasteiger partial charge in [-0.15, -0.1) is 12.4 Å². The zero-order valence-corrected chi connectivity index (χ0v) is 14.5. The molecule has 1 heterocycles. The van der Waals surface area contributed by atoms with Crippen molar-refractivity contribution in [2.75, 3.05) is 25.0 Å². The molecule has 1 aliphatic heterocycles. The second-order valence-electron chi connectivity index (χ2n) is 5.92. The van der Waals surface area contributed by atoms with Crippen LogP contribution in [0.2, 0.25) is 0 Å². The van der Waals surface area contributed by atoms with E-state index in [1.165, 1.54) is 0 Å². The van der Waals surface area contributed by atoms with Crippen LogP contribution in [0.15, 0.2) is 18.2 Å². The third-order valence-corrected chi connectivity index (χ3v) is 4.23. The first-order valence-electron chi connectivity index (χ1n) is 7.84. The van der Waals surface area contributed by atoms with E-state index in [0.717, 1.165) is 36.2 Å². The molecule has 1 aliphatic rings. The zero-order valence-electron chi connectivity index (χ0n) is 13.7. The molecule has 1 amide bonds. The Bertz CT molecular complexity index is 563. The van der Waals surface area contributed by atoms with Crippen LogP contribution >= 0.6 is 12.4 Å². The number of halogens is 1. The highest BCUT2D eigenvalue weighted by Gasteiger charge is 2.26. The van der Waals surface area contributed by atoms with Crippen molar-refractivity contribution in [2.24, 2.45) is 5.92 Å². The number of hydrogen-bond donors (Lipinski definition) is 2. The molecule has 0 radical (unpaired) electrons. The number of carbonyl (C=O) groups is 2. The van der Waals surface area contributed by atoms with Crippen molar-refractivity contribution >= 4 is 30.0 Å². The van der Waals surface area contributed by atoms with Crippen molar-refractivity contribution in [1.82, 2.24) is 4.90 Å². The Morgan fingerprint density at radius 1 is 1.39 bits per heavy atom. The number of amides is 1. The summed E-state index contributed by atoms with van der Waals surface area (Å²) in [5, 5.41) is 12.1. The molecule has 6 heteroatoms. The lowest BCUT2D eigenvalue weighted by atomic mass is 9.98. The second kappa shape index (κ2) is 8.89. The fraction of sp³-hybridized carbons (Fsp3) is 0.529. The lowest BCUT2D eigenvalue weighted by molar-refractivity contribution is -0.144. The maximum absolute atomic E-state index is 12.3. The third-order valence-electron chi connectivity index (χ3n) is 4.23. The molecule has 2 N–H and O–H groups in total. The van der Waals surface area contributed by atoms with Gasteiger partial charge in [-0.25, -0.2) is 0 Å². The molecule has 0 saturated carbocycles. The Morgan fingerprint density at radius 2 is 2.13 bits per heavy atom. The topological polar surface area (TPSA) is 69.6 Å². The number of likely N-dealkylation sites (tertiary alicyclic amines) is 1. The Labute approximate surface area is 143 Å². The zero-order chi connectivity index (χ0) is 16.1. The van der Waals surface area contributed by atoms with Crippen LogP contribution < -0.4 is 5.32 Å². The first-order chi connectivity index (χ1) is 10.5. The minimum absolute atomic E-state index is 0. The van der Waals surface area contributed by atoms with Gasteiger partial charge in [0.25, 0.3) is 0 Å². The molecule has 0 aromatic heterocycles. The highest BCUT2D eigenvalue weighted by Crippen LogP contribution is 2.21. The third kappa shape index (κ3) is 5.22. The van der Waals surface area contributed by atoms with Gasteiger partial charge in [-0.2, -0.15) is 0 Å². The van der Waals surface area contributed by atoms with Gasteiger partial charge in [-0.1, -0.05) is 25.1 Å². The monoisotopic (exact) mass is 340 g/mol. The number of aryl methyl sites for hydroxylation is 2. The number of aliphatic carboxylic acids is 1. The largest absolute Gasteiger partial charge is 0.481 e. The van der Waals surface area contributed by atoms with Gasteiger partial charge in [0.15, 0.2) is 0 Å². The first kappa shape index (κ1) is 19.5. The van der Waals surface area contributed by atoms with Crippen LogP contribution in [0.4, 0.5) is 5.69 Å². The number of benzene rings is 1. The van der Waals surface area contributed by atoms with Gasteiger partial charge >= 0.3 is 5.97 Å². The Morgan fingerprint density at radius 3 is 2.78 bits per heavy atom. The van der Waals surface area contributed by atoms with E-state index < -0.39 is 5.97 Å². The number of para-hydroxylation sites is 1. The van der Waals surface area contributed by atoms with E-state index in [1.807, 2.05) is 30.0 Å². The van der Waals surface area contributed by atoms with Gasteiger partial charge < -0.3 is 10.4 Å². The summed E-state index contributed by atoms with van der Waals surface area (Å²) >= 11 is 0. The summed E-state index contributed by atoms with van der Waals surface area (Å²) in [5.74, 6) is -1.20. The van der Waals surface area contributed by atoms with Crippen LogP contribution in [0.3, 0.4) is 0 Å². The predicted molar refractivity (Wildman–Crippen MR) is 93.2 cm³/mol. The molecule has 1 unspecified atom stereocenters. The van der Waals surface area contributed by atoms with Crippen LogP contribution in [0.5, 0.6) is 0 Å². The molecule has 128 valence electrons. The molecule has 0 aliphatic carbocycles. The minimum atomic E-state index is -0.766. The summed E-state index contributed by atoms with van der Waals surface area (Å²) in [5.41, 5.74) is 3.06. The molecule has 0 spiro atoms. The predicted octanol–water partition coefficient (Wildman–Crippen LogP) is 2.71. The van der Waals surface area contributed by atoms with E-state index in [2.05, 4.69) is 12.2 Å². The summed E-state index contributed by atoms with van der Waals surface area (Å²) in [6, 6.07) is 5.99. The van der Waals surface area contributed by atoms with Crippen LogP contribution in [0.1, 0.15) is 30.9 Å². The quantitative estimate of drug-likeness (QED) is 0.864. The SMILES string of the molecule is CCc1cccc(C)c1NC(=O)CN1CCCC(C(=O)O)C1.Cl. The molecular formula is C17H25ClN2O3. The van der Waals surface area contributed by atoms with Gasteiger partial charge in [-0.05, 0) is 43.9 Å². The van der Waals surface area contributed by atoms with Crippen molar-refractivity contribution in [3.8, 4) is 0 Å². The van der Waals surface area contributed by atoms with Crippen LogP contribution in [-0.4, -0.2) is 41.5 Å². The van der Waals surface area contributed by atoms with E-state index in [0.29, 0.717) is 13.0 Å². The van der Waals surface area contributed by atoms with Gasteiger partial charge in [0.1, 0.15) is 0 Å². The van der Waals surface area contributed by atoms with E-state index in [4.69, 9.17) is 5.11 Å². The molecule has 1 fully saturated rings. The smallest absolute Gasteiger partial charge is 0.307 e. The molecule has 5 nitrogen and oxygen atoms in total. The number of carboxylic acid groups (broad SMARTS) is 1. The number of carboxylic acids is 1. The van der Waals surface area contributed by atoms with E-state index in [1.54, 1.807) is 0 Å². The van der Waals surface area contributed by atoms with Gasteiger partial charge in [0.2, 0.25) is 5.91 Å². The second-order valence-corrected chi connectivity index (χ2v) is 5.92. The number of piperidine rings is 1. The number of carbonyl (C=O) groups excluding carboxylic acids is 1. The molecule has 1 saturated heterocycles. The minimum Gasteiger partial charge on any atom is -0.481 e. The summed E-state index contributed by atoms with van der Waals surface area (Å²) in [6.45, 7) is 5.53. The van der Waals surface area contributed by atoms with Crippen LogP contribution in [0, 0.1) is 12.8 Å². The highest BCUT2D eigenvalue weighted by atomic mass is 35.5. The number of hydrogen-bond acceptors (Lipinski definition) is 3. The summed E-state index contributed by atoms with van der Waals surface area (Å²) in [7, 11) is 0. The van der Waals surface area contributed by atoms with Crippen molar-refractivity contribution in [1.29, 1.82) is 0 Å². The average molecular weight is 341 g/mol. The molecule has 1 atom stereocenters. The highest BCUT2D eigenvalue weighted by molar-refractivity contribution is 5.93. The Hall–Kier alpha value is -1.59. The van der Waals surface area contributed by atoms with E-state index in [9.17, 15) is 9.59 Å². The normalized spacial score (nSPS) is 18.1. The van der Waals surface area contributed by atoms with Crippen molar-refractivity contribution in [2.45, 2.75) is 33.1 Å². The van der Waals surface area contributed by atoms with Crippen molar-refractivity contribution in [3.05, 3.63) is 29.3 Å². The number of anilines is 1. The van der Waals surface area contributed by atoms with Crippen molar-refractivity contribution < 1.29 is 14.7 Å². The molecule has 1 aromatic carbocycles. The van der Waals surface area contributed by atoms with Gasteiger partial charge in [-0.3, -0.25) is 14.5 Å². The maximum Gasteiger partial charge on any atom is 0.307 e. The summed E-state index contributed by atoms with van der Waals surface area (Å²) < 4.78 is 0. The van der Waals surface area contributed by atoms with Crippen molar-refractivity contribution in [3.63, 3.8) is 0 Å². The number of rotatable bonds is 5. The Balaban J connectivity index is 0.00000264.